The Hall–Kier alpha value is -3.00. The molecule has 8 heteroatoms. The van der Waals surface area contributed by atoms with Gasteiger partial charge >= 0.3 is 0 Å². The Kier molecular flexibility index (Phi) is 6.39. The normalized spacial score (nSPS) is 18.1. The summed E-state index contributed by atoms with van der Waals surface area (Å²) in [5, 5.41) is 5.03. The molecular formula is C29H37FN6O. The zero-order valence-electron chi connectivity index (χ0n) is 22.4. The molecule has 0 bridgehead atoms. The quantitative estimate of drug-likeness (QED) is 0.351. The highest BCUT2D eigenvalue weighted by Crippen LogP contribution is 2.41. The second kappa shape index (κ2) is 9.71. The third kappa shape index (κ3) is 4.29. The lowest BCUT2D eigenvalue weighted by Gasteiger charge is -2.35. The monoisotopic (exact) mass is 504 g/mol. The first-order chi connectivity index (χ1) is 17.9. The highest BCUT2D eigenvalue weighted by atomic mass is 19.1. The van der Waals surface area contributed by atoms with Crippen molar-refractivity contribution in [3.8, 4) is 11.3 Å². The summed E-state index contributed by atoms with van der Waals surface area (Å²) < 4.78 is 23.6. The Morgan fingerprint density at radius 3 is 2.51 bits per heavy atom. The zero-order chi connectivity index (χ0) is 25.7. The van der Waals surface area contributed by atoms with Crippen molar-refractivity contribution >= 4 is 22.4 Å². The SMILES string of the molecule is Cc1c(-c2[nH]c3cnc(N4CCC(CC5CCOCC5)CC4)c(F)c3c2C(C)C)cn2ncnc2c1C. The van der Waals surface area contributed by atoms with Crippen LogP contribution in [0, 0.1) is 31.5 Å². The molecule has 2 aliphatic heterocycles. The van der Waals surface area contributed by atoms with E-state index in [2.05, 4.69) is 52.6 Å². The van der Waals surface area contributed by atoms with Gasteiger partial charge in [0.25, 0.3) is 0 Å². The number of ether oxygens (including phenoxy) is 1. The maximum Gasteiger partial charge on any atom is 0.175 e. The molecular weight excluding hydrogens is 467 g/mol. The second-order valence-electron chi connectivity index (χ2n) is 11.3. The van der Waals surface area contributed by atoms with Gasteiger partial charge in [-0.1, -0.05) is 13.8 Å². The summed E-state index contributed by atoms with van der Waals surface area (Å²) >= 11 is 0. The highest BCUT2D eigenvalue weighted by molar-refractivity contribution is 5.94. The molecule has 1 N–H and O–H groups in total. The van der Waals surface area contributed by atoms with Gasteiger partial charge in [0.05, 0.1) is 17.4 Å². The molecule has 6 rings (SSSR count). The number of nitrogens with zero attached hydrogens (tertiary/aromatic N) is 5. The van der Waals surface area contributed by atoms with Crippen LogP contribution in [0.5, 0.6) is 0 Å². The number of aromatic nitrogens is 5. The van der Waals surface area contributed by atoms with E-state index in [4.69, 9.17) is 4.74 Å². The molecule has 0 atom stereocenters. The Bertz CT molecular complexity index is 1430. The van der Waals surface area contributed by atoms with Crippen molar-refractivity contribution in [2.24, 2.45) is 11.8 Å². The van der Waals surface area contributed by atoms with Gasteiger partial charge in [-0.25, -0.2) is 18.9 Å². The molecule has 2 saturated heterocycles. The lowest BCUT2D eigenvalue weighted by atomic mass is 9.84. The van der Waals surface area contributed by atoms with Gasteiger partial charge in [0, 0.05) is 43.4 Å². The topological polar surface area (TPSA) is 71.3 Å². The number of aryl methyl sites for hydroxylation is 1. The molecule has 4 aromatic rings. The van der Waals surface area contributed by atoms with Crippen molar-refractivity contribution in [1.29, 1.82) is 0 Å². The fourth-order valence-electron chi connectivity index (χ4n) is 6.46. The fraction of sp³-hybridized carbons (Fsp3) is 0.552. The summed E-state index contributed by atoms with van der Waals surface area (Å²) in [4.78, 5) is 14.7. The van der Waals surface area contributed by atoms with Gasteiger partial charge in [-0.15, -0.1) is 0 Å². The van der Waals surface area contributed by atoms with Gasteiger partial charge in [0.15, 0.2) is 17.3 Å². The number of rotatable bonds is 5. The minimum atomic E-state index is -0.206. The van der Waals surface area contributed by atoms with Crippen LogP contribution in [0.4, 0.5) is 10.2 Å². The maximum absolute atomic E-state index is 16.3. The number of fused-ring (bicyclic) bond motifs is 2. The average Bonchev–Trinajstić information content (AvgIpc) is 3.53. The lowest BCUT2D eigenvalue weighted by molar-refractivity contribution is 0.0571. The molecule has 0 unspecified atom stereocenters. The van der Waals surface area contributed by atoms with Crippen LogP contribution in [-0.2, 0) is 4.74 Å². The first-order valence-corrected chi connectivity index (χ1v) is 13.7. The molecule has 0 saturated carbocycles. The van der Waals surface area contributed by atoms with Crippen molar-refractivity contribution in [2.45, 2.75) is 65.7 Å². The van der Waals surface area contributed by atoms with E-state index >= 15 is 4.39 Å². The fourth-order valence-corrected chi connectivity index (χ4v) is 6.46. The summed E-state index contributed by atoms with van der Waals surface area (Å²) in [6.45, 7) is 11.9. The van der Waals surface area contributed by atoms with Crippen LogP contribution < -0.4 is 4.90 Å². The molecule has 0 spiro atoms. The summed E-state index contributed by atoms with van der Waals surface area (Å²) in [7, 11) is 0. The van der Waals surface area contributed by atoms with Crippen LogP contribution in [-0.4, -0.2) is 50.9 Å². The molecule has 0 amide bonds. The lowest BCUT2D eigenvalue weighted by Crippen LogP contribution is -2.35. The van der Waals surface area contributed by atoms with Gasteiger partial charge in [0.2, 0.25) is 0 Å². The molecule has 2 fully saturated rings. The smallest absolute Gasteiger partial charge is 0.175 e. The first kappa shape index (κ1) is 24.3. The number of halogens is 1. The number of nitrogens with one attached hydrogen (secondary N) is 1. The second-order valence-corrected chi connectivity index (χ2v) is 11.3. The van der Waals surface area contributed by atoms with Gasteiger partial charge in [0.1, 0.15) is 6.33 Å². The third-order valence-corrected chi connectivity index (χ3v) is 8.69. The standard InChI is InChI=1S/C29H37FN6O/c1-17(2)24-25-23(34-27(24)22-15-36-28(32-16-33-36)19(4)18(22)3)14-31-29(26(25)30)35-9-5-20(6-10-35)13-21-7-11-37-12-8-21/h14-17,20-21,34H,5-13H2,1-4H3. The summed E-state index contributed by atoms with van der Waals surface area (Å²) in [5.74, 6) is 1.91. The first-order valence-electron chi connectivity index (χ1n) is 13.7. The molecule has 7 nitrogen and oxygen atoms in total. The van der Waals surface area contributed by atoms with Crippen molar-refractivity contribution in [3.63, 3.8) is 0 Å². The molecule has 0 aliphatic carbocycles. The van der Waals surface area contributed by atoms with E-state index in [-0.39, 0.29) is 11.7 Å². The molecule has 37 heavy (non-hydrogen) atoms. The van der Waals surface area contributed by atoms with Gasteiger partial charge in [-0.3, -0.25) is 0 Å². The number of hydrogen-bond donors (Lipinski definition) is 1. The predicted molar refractivity (Wildman–Crippen MR) is 145 cm³/mol. The predicted octanol–water partition coefficient (Wildman–Crippen LogP) is 6.19. The largest absolute Gasteiger partial charge is 0.381 e. The van der Waals surface area contributed by atoms with Crippen LogP contribution in [0.15, 0.2) is 18.7 Å². The van der Waals surface area contributed by atoms with E-state index < -0.39 is 0 Å². The van der Waals surface area contributed by atoms with E-state index in [1.807, 2.05) is 12.4 Å². The highest BCUT2D eigenvalue weighted by Gasteiger charge is 2.28. The molecule has 6 heterocycles. The van der Waals surface area contributed by atoms with Crippen LogP contribution >= 0.6 is 0 Å². The number of H-pyrrole nitrogens is 1. The van der Waals surface area contributed by atoms with E-state index in [9.17, 15) is 0 Å². The molecule has 2 aliphatic rings. The molecule has 0 radical (unpaired) electrons. The van der Waals surface area contributed by atoms with Crippen LogP contribution in [0.3, 0.4) is 0 Å². The Morgan fingerprint density at radius 1 is 1.05 bits per heavy atom. The van der Waals surface area contributed by atoms with E-state index in [0.717, 1.165) is 84.2 Å². The molecule has 0 aromatic carbocycles. The number of aromatic amines is 1. The minimum absolute atomic E-state index is 0.129. The van der Waals surface area contributed by atoms with E-state index in [1.54, 1.807) is 10.8 Å². The molecule has 4 aromatic heterocycles. The summed E-state index contributed by atoms with van der Waals surface area (Å²) in [5.41, 5.74) is 6.73. The van der Waals surface area contributed by atoms with Gasteiger partial charge in [-0.2, -0.15) is 5.10 Å². The third-order valence-electron chi connectivity index (χ3n) is 8.69. The Labute approximate surface area is 217 Å². The van der Waals surface area contributed by atoms with Crippen molar-refractivity contribution in [3.05, 3.63) is 41.2 Å². The number of pyridine rings is 2. The zero-order valence-corrected chi connectivity index (χ0v) is 22.4. The molecule has 196 valence electrons. The average molecular weight is 505 g/mol. The number of hydrogen-bond acceptors (Lipinski definition) is 5. The van der Waals surface area contributed by atoms with Crippen LogP contribution in [0.1, 0.15) is 68.6 Å². The summed E-state index contributed by atoms with van der Waals surface area (Å²) in [6, 6.07) is 0. The Morgan fingerprint density at radius 2 is 1.78 bits per heavy atom. The summed E-state index contributed by atoms with van der Waals surface area (Å²) in [6.07, 6.45) is 11.2. The van der Waals surface area contributed by atoms with E-state index in [1.165, 1.54) is 19.3 Å². The minimum Gasteiger partial charge on any atom is -0.381 e. The van der Waals surface area contributed by atoms with Crippen molar-refractivity contribution < 1.29 is 9.13 Å². The number of piperidine rings is 1. The number of anilines is 1. The Balaban J connectivity index is 1.33. The van der Waals surface area contributed by atoms with Crippen LogP contribution in [0.2, 0.25) is 0 Å². The van der Waals surface area contributed by atoms with Gasteiger partial charge in [-0.05, 0) is 80.4 Å². The van der Waals surface area contributed by atoms with E-state index in [0.29, 0.717) is 17.1 Å². The van der Waals surface area contributed by atoms with Crippen molar-refractivity contribution in [1.82, 2.24) is 24.6 Å². The maximum atomic E-state index is 16.3. The van der Waals surface area contributed by atoms with Gasteiger partial charge < -0.3 is 14.6 Å². The van der Waals surface area contributed by atoms with Crippen molar-refractivity contribution in [2.75, 3.05) is 31.2 Å². The van der Waals surface area contributed by atoms with Crippen LogP contribution in [0.25, 0.3) is 27.8 Å².